The molecule has 1 fully saturated rings. The lowest BCUT2D eigenvalue weighted by Gasteiger charge is -2.35. The van der Waals surface area contributed by atoms with Crippen molar-refractivity contribution in [3.8, 4) is 6.07 Å². The minimum Gasteiger partial charge on any atom is -0.391 e. The molecule has 1 aliphatic rings. The van der Waals surface area contributed by atoms with Crippen LogP contribution in [0.25, 0.3) is 0 Å². The van der Waals surface area contributed by atoms with Crippen LogP contribution in [0, 0.1) is 29.1 Å². The Kier molecular flexibility index (Phi) is 4.41. The van der Waals surface area contributed by atoms with Crippen molar-refractivity contribution in [1.29, 1.82) is 5.26 Å². The zero-order valence-electron chi connectivity index (χ0n) is 9.24. The maximum absolute atomic E-state index is 10.0. The van der Waals surface area contributed by atoms with Crippen molar-refractivity contribution < 1.29 is 5.11 Å². The van der Waals surface area contributed by atoms with Gasteiger partial charge in [-0.3, -0.25) is 0 Å². The summed E-state index contributed by atoms with van der Waals surface area (Å²) in [5.41, 5.74) is 0. The van der Waals surface area contributed by atoms with E-state index in [0.29, 0.717) is 11.8 Å². The summed E-state index contributed by atoms with van der Waals surface area (Å²) in [7, 11) is 0. The Balaban J connectivity index is 2.59. The van der Waals surface area contributed by atoms with E-state index in [2.05, 4.69) is 13.0 Å². The quantitative estimate of drug-likeness (QED) is 0.752. The summed E-state index contributed by atoms with van der Waals surface area (Å²) in [6.07, 6.45) is 5.58. The van der Waals surface area contributed by atoms with E-state index in [4.69, 9.17) is 5.26 Å². The van der Waals surface area contributed by atoms with Crippen molar-refractivity contribution in [3.63, 3.8) is 0 Å². The summed E-state index contributed by atoms with van der Waals surface area (Å²) in [5.74, 6) is 0.782. The lowest BCUT2D eigenvalue weighted by Crippen LogP contribution is -2.34. The standard InChI is InChI=1S/C12H21NO/c1-3-10-6-4-5-7-11(10)12(14)9(2)8-13/h9-12,14H,3-7H2,1-2H3. The first-order valence-corrected chi connectivity index (χ1v) is 5.78. The van der Waals surface area contributed by atoms with Gasteiger partial charge >= 0.3 is 0 Å². The molecule has 1 N–H and O–H groups in total. The molecule has 14 heavy (non-hydrogen) atoms. The maximum atomic E-state index is 10.0. The summed E-state index contributed by atoms with van der Waals surface area (Å²) < 4.78 is 0. The molecule has 2 heteroatoms. The van der Waals surface area contributed by atoms with Crippen LogP contribution in [0.15, 0.2) is 0 Å². The third kappa shape index (κ3) is 2.48. The highest BCUT2D eigenvalue weighted by molar-refractivity contribution is 4.91. The number of hydrogen-bond acceptors (Lipinski definition) is 2. The summed E-state index contributed by atoms with van der Waals surface area (Å²) in [6.45, 7) is 4.01. The van der Waals surface area contributed by atoms with Crippen LogP contribution in [0.4, 0.5) is 0 Å². The Morgan fingerprint density at radius 3 is 2.64 bits per heavy atom. The highest BCUT2D eigenvalue weighted by atomic mass is 16.3. The summed E-state index contributed by atoms with van der Waals surface area (Å²) in [4.78, 5) is 0. The van der Waals surface area contributed by atoms with Crippen LogP contribution in [0.2, 0.25) is 0 Å². The molecule has 0 bridgehead atoms. The van der Waals surface area contributed by atoms with Crippen LogP contribution >= 0.6 is 0 Å². The average molecular weight is 195 g/mol. The lowest BCUT2D eigenvalue weighted by atomic mass is 9.72. The van der Waals surface area contributed by atoms with E-state index >= 15 is 0 Å². The predicted octanol–water partition coefficient (Wildman–Crippen LogP) is 2.72. The van der Waals surface area contributed by atoms with E-state index < -0.39 is 6.10 Å². The molecule has 0 spiro atoms. The van der Waals surface area contributed by atoms with Crippen LogP contribution in [-0.4, -0.2) is 11.2 Å². The predicted molar refractivity (Wildman–Crippen MR) is 56.5 cm³/mol. The molecule has 4 unspecified atom stereocenters. The minimum absolute atomic E-state index is 0.216. The van der Waals surface area contributed by atoms with Crippen LogP contribution in [0.1, 0.15) is 46.0 Å². The fraction of sp³-hybridized carbons (Fsp3) is 0.917. The number of aliphatic hydroxyl groups excluding tert-OH is 1. The molecule has 0 amide bonds. The molecule has 2 nitrogen and oxygen atoms in total. The van der Waals surface area contributed by atoms with E-state index in [1.807, 2.05) is 6.92 Å². The number of aliphatic hydroxyl groups is 1. The van der Waals surface area contributed by atoms with E-state index in [9.17, 15) is 5.11 Å². The fourth-order valence-corrected chi connectivity index (χ4v) is 2.64. The van der Waals surface area contributed by atoms with Crippen LogP contribution in [-0.2, 0) is 0 Å². The monoisotopic (exact) mass is 195 g/mol. The summed E-state index contributed by atoms with van der Waals surface area (Å²) in [6, 6.07) is 2.16. The molecule has 1 saturated carbocycles. The van der Waals surface area contributed by atoms with Gasteiger partial charge in [-0.25, -0.2) is 0 Å². The largest absolute Gasteiger partial charge is 0.391 e. The highest BCUT2D eigenvalue weighted by Crippen LogP contribution is 2.36. The van der Waals surface area contributed by atoms with Crippen LogP contribution < -0.4 is 0 Å². The molecule has 0 heterocycles. The molecule has 80 valence electrons. The van der Waals surface area contributed by atoms with E-state index in [1.165, 1.54) is 19.3 Å². The molecule has 0 saturated heterocycles. The summed E-state index contributed by atoms with van der Waals surface area (Å²) in [5, 5.41) is 18.8. The van der Waals surface area contributed by atoms with Crippen molar-refractivity contribution in [2.45, 2.75) is 52.1 Å². The normalized spacial score (nSPS) is 31.9. The molecule has 0 aromatic rings. The zero-order valence-corrected chi connectivity index (χ0v) is 9.24. The highest BCUT2D eigenvalue weighted by Gasteiger charge is 2.32. The number of rotatable bonds is 3. The zero-order chi connectivity index (χ0) is 10.6. The van der Waals surface area contributed by atoms with E-state index in [-0.39, 0.29) is 5.92 Å². The molecular formula is C12H21NO. The Hall–Kier alpha value is -0.550. The molecule has 4 atom stereocenters. The molecule has 1 aliphatic carbocycles. The molecule has 0 aromatic heterocycles. The third-order valence-electron chi connectivity index (χ3n) is 3.65. The summed E-state index contributed by atoms with van der Waals surface area (Å²) >= 11 is 0. The average Bonchev–Trinajstić information content (AvgIpc) is 2.26. The van der Waals surface area contributed by atoms with Gasteiger partial charge in [-0.15, -0.1) is 0 Å². The van der Waals surface area contributed by atoms with Crippen molar-refractivity contribution in [3.05, 3.63) is 0 Å². The van der Waals surface area contributed by atoms with Gasteiger partial charge in [0.1, 0.15) is 0 Å². The smallest absolute Gasteiger partial charge is 0.0726 e. The molecule has 0 aromatic carbocycles. The molecule has 0 aliphatic heterocycles. The van der Waals surface area contributed by atoms with Crippen LogP contribution in [0.5, 0.6) is 0 Å². The Bertz CT molecular complexity index is 209. The van der Waals surface area contributed by atoms with Crippen molar-refractivity contribution in [1.82, 2.24) is 0 Å². The van der Waals surface area contributed by atoms with Gasteiger partial charge in [-0.05, 0) is 25.2 Å². The van der Waals surface area contributed by atoms with Gasteiger partial charge in [0.15, 0.2) is 0 Å². The number of nitriles is 1. The van der Waals surface area contributed by atoms with Gasteiger partial charge in [-0.2, -0.15) is 5.26 Å². The maximum Gasteiger partial charge on any atom is 0.0726 e. The topological polar surface area (TPSA) is 44.0 Å². The van der Waals surface area contributed by atoms with Gasteiger partial charge in [0.25, 0.3) is 0 Å². The van der Waals surface area contributed by atoms with E-state index in [0.717, 1.165) is 12.8 Å². The lowest BCUT2D eigenvalue weighted by molar-refractivity contribution is 0.0239. The molecular weight excluding hydrogens is 174 g/mol. The molecule has 1 rings (SSSR count). The molecule has 0 radical (unpaired) electrons. The number of hydrogen-bond donors (Lipinski definition) is 1. The number of nitrogens with zero attached hydrogens (tertiary/aromatic N) is 1. The van der Waals surface area contributed by atoms with E-state index in [1.54, 1.807) is 0 Å². The first-order valence-electron chi connectivity index (χ1n) is 5.78. The van der Waals surface area contributed by atoms with Gasteiger partial charge < -0.3 is 5.11 Å². The first-order chi connectivity index (χ1) is 6.70. The van der Waals surface area contributed by atoms with Gasteiger partial charge in [-0.1, -0.05) is 32.6 Å². The second kappa shape index (κ2) is 5.36. The minimum atomic E-state index is -0.412. The SMILES string of the molecule is CCC1CCCCC1C(O)C(C)C#N. The third-order valence-corrected chi connectivity index (χ3v) is 3.65. The van der Waals surface area contributed by atoms with Crippen LogP contribution in [0.3, 0.4) is 0 Å². The van der Waals surface area contributed by atoms with Gasteiger partial charge in [0, 0.05) is 0 Å². The van der Waals surface area contributed by atoms with Crippen molar-refractivity contribution >= 4 is 0 Å². The Labute approximate surface area is 86.9 Å². The van der Waals surface area contributed by atoms with Gasteiger partial charge in [0.2, 0.25) is 0 Å². The first kappa shape index (κ1) is 11.5. The van der Waals surface area contributed by atoms with Crippen molar-refractivity contribution in [2.75, 3.05) is 0 Å². The Morgan fingerprint density at radius 2 is 2.07 bits per heavy atom. The fourth-order valence-electron chi connectivity index (χ4n) is 2.64. The second-order valence-electron chi connectivity index (χ2n) is 4.53. The second-order valence-corrected chi connectivity index (χ2v) is 4.53. The van der Waals surface area contributed by atoms with Crippen molar-refractivity contribution in [2.24, 2.45) is 17.8 Å². The Morgan fingerprint density at radius 1 is 1.43 bits per heavy atom. The van der Waals surface area contributed by atoms with Gasteiger partial charge in [0.05, 0.1) is 18.1 Å².